The summed E-state index contributed by atoms with van der Waals surface area (Å²) < 4.78 is 4.96. The lowest BCUT2D eigenvalue weighted by atomic mass is 10.1. The first-order valence-electron chi connectivity index (χ1n) is 8.14. The summed E-state index contributed by atoms with van der Waals surface area (Å²) >= 11 is 0. The van der Waals surface area contributed by atoms with Crippen LogP contribution in [0, 0.1) is 6.92 Å². The Morgan fingerprint density at radius 3 is 2.68 bits per heavy atom. The number of nitrogens with zero attached hydrogens (tertiary/aromatic N) is 4. The maximum absolute atomic E-state index is 12.1. The Bertz CT molecular complexity index is 756. The number of carbonyl (C=O) groups is 2. The summed E-state index contributed by atoms with van der Waals surface area (Å²) in [7, 11) is 1.78. The van der Waals surface area contributed by atoms with Gasteiger partial charge in [0.15, 0.2) is 0 Å². The number of hydrogen-bond acceptors (Lipinski definition) is 6. The molecule has 1 aliphatic rings. The van der Waals surface area contributed by atoms with E-state index in [0.29, 0.717) is 37.9 Å². The molecule has 25 heavy (non-hydrogen) atoms. The molecule has 0 bridgehead atoms. The first-order valence-corrected chi connectivity index (χ1v) is 8.14. The van der Waals surface area contributed by atoms with Crippen LogP contribution in [0.3, 0.4) is 0 Å². The summed E-state index contributed by atoms with van der Waals surface area (Å²) in [6.07, 6.45) is 0. The van der Waals surface area contributed by atoms with Gasteiger partial charge in [-0.3, -0.25) is 14.5 Å². The van der Waals surface area contributed by atoms with E-state index < -0.39 is 0 Å². The summed E-state index contributed by atoms with van der Waals surface area (Å²) in [5.41, 5.74) is 1.84. The Labute approximate surface area is 145 Å². The Kier molecular flexibility index (Phi) is 5.08. The molecule has 0 saturated carbocycles. The highest BCUT2D eigenvalue weighted by atomic mass is 16.5. The summed E-state index contributed by atoms with van der Waals surface area (Å²) in [5, 5.41) is 6.75. The molecule has 1 N–H and O–H groups in total. The lowest BCUT2D eigenvalue weighted by molar-refractivity contribution is -0.135. The van der Waals surface area contributed by atoms with Gasteiger partial charge in [-0.15, -0.1) is 0 Å². The van der Waals surface area contributed by atoms with Crippen LogP contribution < -0.4 is 5.32 Å². The van der Waals surface area contributed by atoms with Crippen molar-refractivity contribution in [2.45, 2.75) is 13.5 Å². The van der Waals surface area contributed by atoms with Gasteiger partial charge in [-0.05, 0) is 5.56 Å². The van der Waals surface area contributed by atoms with Crippen molar-refractivity contribution < 1.29 is 14.1 Å². The second-order valence-electron chi connectivity index (χ2n) is 6.14. The summed E-state index contributed by atoms with van der Waals surface area (Å²) in [6, 6.07) is 7.62. The second kappa shape index (κ2) is 7.43. The van der Waals surface area contributed by atoms with Crippen LogP contribution in [0.2, 0.25) is 0 Å². The average Bonchev–Trinajstić information content (AvgIpc) is 3.03. The third-order valence-corrected chi connectivity index (χ3v) is 4.13. The standard InChI is InChI=1S/C17H21N5O3/c1-12-19-17(20-25-12)14-5-3-13(4-6-14)9-18-15(23)10-22-8-7-21(2)16(24)11-22/h3-6H,7-11H2,1-2H3,(H,18,23). The van der Waals surface area contributed by atoms with Gasteiger partial charge in [0.2, 0.25) is 23.5 Å². The molecule has 0 aliphatic carbocycles. The van der Waals surface area contributed by atoms with E-state index in [0.717, 1.165) is 11.1 Å². The topological polar surface area (TPSA) is 91.6 Å². The number of nitrogens with one attached hydrogen (secondary N) is 1. The molecule has 1 saturated heterocycles. The minimum absolute atomic E-state index is 0.0475. The van der Waals surface area contributed by atoms with Crippen molar-refractivity contribution in [3.63, 3.8) is 0 Å². The van der Waals surface area contributed by atoms with Gasteiger partial charge in [0.1, 0.15) is 0 Å². The van der Waals surface area contributed by atoms with Gasteiger partial charge in [-0.1, -0.05) is 29.4 Å². The average molecular weight is 343 g/mol. The smallest absolute Gasteiger partial charge is 0.236 e. The predicted molar refractivity (Wildman–Crippen MR) is 90.4 cm³/mol. The molecule has 0 atom stereocenters. The number of carbonyl (C=O) groups excluding carboxylic acids is 2. The number of aromatic nitrogens is 2. The zero-order chi connectivity index (χ0) is 17.8. The van der Waals surface area contributed by atoms with Gasteiger partial charge in [0, 0.05) is 39.2 Å². The molecule has 132 valence electrons. The molecule has 0 spiro atoms. The van der Waals surface area contributed by atoms with Crippen molar-refractivity contribution in [3.8, 4) is 11.4 Å². The summed E-state index contributed by atoms with van der Waals surface area (Å²) in [6.45, 7) is 4.08. The van der Waals surface area contributed by atoms with Crippen molar-refractivity contribution >= 4 is 11.8 Å². The first-order chi connectivity index (χ1) is 12.0. The number of rotatable bonds is 5. The molecule has 1 aromatic heterocycles. The summed E-state index contributed by atoms with van der Waals surface area (Å²) in [5.74, 6) is 1.03. The van der Waals surface area contributed by atoms with E-state index in [1.54, 1.807) is 18.9 Å². The van der Waals surface area contributed by atoms with Crippen molar-refractivity contribution in [3.05, 3.63) is 35.7 Å². The van der Waals surface area contributed by atoms with E-state index in [9.17, 15) is 9.59 Å². The highest BCUT2D eigenvalue weighted by Gasteiger charge is 2.22. The Hall–Kier alpha value is -2.74. The van der Waals surface area contributed by atoms with Crippen molar-refractivity contribution in [2.24, 2.45) is 0 Å². The van der Waals surface area contributed by atoms with E-state index >= 15 is 0 Å². The molecular formula is C17H21N5O3. The highest BCUT2D eigenvalue weighted by Crippen LogP contribution is 2.16. The van der Waals surface area contributed by atoms with Crippen LogP contribution >= 0.6 is 0 Å². The number of likely N-dealkylation sites (N-methyl/N-ethyl adjacent to an activating group) is 1. The van der Waals surface area contributed by atoms with E-state index in [2.05, 4.69) is 15.5 Å². The SMILES string of the molecule is Cc1nc(-c2ccc(CNC(=O)CN3CCN(C)C(=O)C3)cc2)no1. The molecule has 3 rings (SSSR count). The second-order valence-corrected chi connectivity index (χ2v) is 6.14. The van der Waals surface area contributed by atoms with Gasteiger partial charge in [0.25, 0.3) is 0 Å². The maximum atomic E-state index is 12.1. The fourth-order valence-corrected chi connectivity index (χ4v) is 2.59. The van der Waals surface area contributed by atoms with Gasteiger partial charge in [-0.2, -0.15) is 4.98 Å². The zero-order valence-electron chi connectivity index (χ0n) is 14.4. The monoisotopic (exact) mass is 343 g/mol. The molecule has 0 radical (unpaired) electrons. The van der Waals surface area contributed by atoms with Crippen LogP contribution in [0.1, 0.15) is 11.5 Å². The molecule has 1 fully saturated rings. The third-order valence-electron chi connectivity index (χ3n) is 4.13. The fourth-order valence-electron chi connectivity index (χ4n) is 2.59. The number of aryl methyl sites for hydroxylation is 1. The quantitative estimate of drug-likeness (QED) is 0.847. The van der Waals surface area contributed by atoms with E-state index in [1.165, 1.54) is 0 Å². The minimum Gasteiger partial charge on any atom is -0.351 e. The van der Waals surface area contributed by atoms with Crippen molar-refractivity contribution in [2.75, 3.05) is 33.2 Å². The number of amides is 2. The van der Waals surface area contributed by atoms with Gasteiger partial charge in [0.05, 0.1) is 13.1 Å². The molecule has 8 heteroatoms. The molecule has 1 aliphatic heterocycles. The van der Waals surface area contributed by atoms with E-state index in [1.807, 2.05) is 29.2 Å². The molecule has 2 heterocycles. The van der Waals surface area contributed by atoms with Crippen LogP contribution in [0.5, 0.6) is 0 Å². The Morgan fingerprint density at radius 1 is 1.28 bits per heavy atom. The molecule has 2 aromatic rings. The van der Waals surface area contributed by atoms with Gasteiger partial charge >= 0.3 is 0 Å². The largest absolute Gasteiger partial charge is 0.351 e. The number of benzene rings is 1. The van der Waals surface area contributed by atoms with Crippen LogP contribution in [0.25, 0.3) is 11.4 Å². The molecule has 1 aromatic carbocycles. The van der Waals surface area contributed by atoms with Crippen LogP contribution in [-0.2, 0) is 16.1 Å². The minimum atomic E-state index is -0.0878. The normalized spacial score (nSPS) is 15.4. The molecule has 8 nitrogen and oxygen atoms in total. The predicted octanol–water partition coefficient (Wildman–Crippen LogP) is 0.435. The molecule has 0 unspecified atom stereocenters. The molecular weight excluding hydrogens is 322 g/mol. The van der Waals surface area contributed by atoms with E-state index in [-0.39, 0.29) is 18.4 Å². The van der Waals surface area contributed by atoms with E-state index in [4.69, 9.17) is 4.52 Å². The lowest BCUT2D eigenvalue weighted by Crippen LogP contribution is -2.51. The Morgan fingerprint density at radius 2 is 2.04 bits per heavy atom. The highest BCUT2D eigenvalue weighted by molar-refractivity contribution is 5.81. The fraction of sp³-hybridized carbons (Fsp3) is 0.412. The third kappa shape index (κ3) is 4.42. The van der Waals surface area contributed by atoms with Crippen LogP contribution in [0.15, 0.2) is 28.8 Å². The van der Waals surface area contributed by atoms with Crippen LogP contribution in [-0.4, -0.2) is 65.0 Å². The lowest BCUT2D eigenvalue weighted by Gasteiger charge is -2.31. The van der Waals surface area contributed by atoms with Crippen molar-refractivity contribution in [1.82, 2.24) is 25.3 Å². The number of piperazine rings is 1. The van der Waals surface area contributed by atoms with Gasteiger partial charge < -0.3 is 14.7 Å². The Balaban J connectivity index is 1.48. The zero-order valence-corrected chi connectivity index (χ0v) is 14.4. The number of hydrogen-bond donors (Lipinski definition) is 1. The van der Waals surface area contributed by atoms with Crippen LogP contribution in [0.4, 0.5) is 0 Å². The van der Waals surface area contributed by atoms with Crippen molar-refractivity contribution in [1.29, 1.82) is 0 Å². The maximum Gasteiger partial charge on any atom is 0.236 e. The summed E-state index contributed by atoms with van der Waals surface area (Å²) in [4.78, 5) is 31.4. The molecule has 2 amide bonds. The van der Waals surface area contributed by atoms with Gasteiger partial charge in [-0.25, -0.2) is 0 Å². The first kappa shape index (κ1) is 17.1.